The molecule has 0 unspecified atom stereocenters. The second-order valence-corrected chi connectivity index (χ2v) is 10.5. The normalized spacial score (nSPS) is 20.2. The van der Waals surface area contributed by atoms with E-state index in [9.17, 15) is 15.1 Å². The minimum absolute atomic E-state index is 0.402. The first-order valence-corrected chi connectivity index (χ1v) is 14.4. The molecule has 1 aromatic heterocycles. The Morgan fingerprint density at radius 3 is 1.53 bits per heavy atom. The molecule has 228 valence electrons. The number of furan rings is 1. The SMILES string of the molecule is [2H]c1c([2H])c([2H])c(-c2c([2H])c([2H])c([2H])c(-c3c4c([2H])c([2H])c([2H])c([2H])c4c(-c4c([2H])c([2H])c(-c5c([2H])c([2H])c6oc7c8c([2H])c([2H])c([2H])c([2H])c8c([2H])c([2H])c7c6c5[2H])c([2H])c4[2H])c4c([2H])c([2H])c([2H])c([2H])c34)c2[2H])c([2H])c1[2H]. The molecule has 0 aliphatic carbocycles. The molecule has 1 nitrogen and oxygen atoms in total. The van der Waals surface area contributed by atoms with Crippen LogP contribution in [0.4, 0.5) is 0 Å². The summed E-state index contributed by atoms with van der Waals surface area (Å²) in [5, 5.41) is -4.99. The van der Waals surface area contributed by atoms with Gasteiger partial charge in [-0.05, 0) is 95.6 Å². The van der Waals surface area contributed by atoms with Crippen LogP contribution in [0.3, 0.4) is 0 Å². The highest BCUT2D eigenvalue weighted by molar-refractivity contribution is 6.21. The summed E-state index contributed by atoms with van der Waals surface area (Å²) < 4.78 is 275. The fourth-order valence-electron chi connectivity index (χ4n) is 5.69. The summed E-state index contributed by atoms with van der Waals surface area (Å²) in [6.07, 6.45) is 0. The van der Waals surface area contributed by atoms with E-state index in [4.69, 9.17) is 30.5 Å². The molecule has 1 heteroatoms. The first-order valence-electron chi connectivity index (χ1n) is 29.4. The number of benzene rings is 9. The Morgan fingerprint density at radius 1 is 0.306 bits per heavy atom. The molecule has 1 heterocycles. The zero-order valence-corrected chi connectivity index (χ0v) is 24.4. The van der Waals surface area contributed by atoms with Crippen molar-refractivity contribution in [2.75, 3.05) is 0 Å². The summed E-state index contributed by atoms with van der Waals surface area (Å²) in [5.74, 6) is 0. The van der Waals surface area contributed by atoms with Gasteiger partial charge in [-0.2, -0.15) is 0 Å². The first-order chi connectivity index (χ1) is 36.8. The predicted molar refractivity (Wildman–Crippen MR) is 208 cm³/mol. The van der Waals surface area contributed by atoms with Gasteiger partial charge >= 0.3 is 0 Å². The summed E-state index contributed by atoms with van der Waals surface area (Å²) in [5.41, 5.74) is -7.78. The Labute approximate surface area is 326 Å². The zero-order chi connectivity index (χ0) is 58.4. The molecule has 0 aliphatic heterocycles. The van der Waals surface area contributed by atoms with E-state index in [1.54, 1.807) is 0 Å². The highest BCUT2D eigenvalue weighted by Crippen LogP contribution is 2.44. The summed E-state index contributed by atoms with van der Waals surface area (Å²) in [6, 6.07) is -28.8. The molecule has 0 bridgehead atoms. The molecule has 0 radical (unpaired) electrons. The third kappa shape index (κ3) is 4.47. The Bertz CT molecular complexity index is 4460. The van der Waals surface area contributed by atoms with Crippen LogP contribution in [0.25, 0.3) is 98.8 Å². The van der Waals surface area contributed by atoms with Crippen molar-refractivity contribution in [1.29, 1.82) is 0 Å². The van der Waals surface area contributed by atoms with Gasteiger partial charge in [0.25, 0.3) is 0 Å². The van der Waals surface area contributed by atoms with Crippen molar-refractivity contribution in [2.45, 2.75) is 0 Å². The third-order valence-electron chi connectivity index (χ3n) is 7.81. The minimum atomic E-state index is -1.14. The Kier molecular flexibility index (Phi) is 2.50. The van der Waals surface area contributed by atoms with Gasteiger partial charge in [0.05, 0.1) is 41.1 Å². The topological polar surface area (TPSA) is 13.1 Å². The van der Waals surface area contributed by atoms with Gasteiger partial charge in [0, 0.05) is 16.2 Å². The van der Waals surface area contributed by atoms with Crippen LogP contribution in [0.1, 0.15) is 41.1 Å². The van der Waals surface area contributed by atoms with Crippen LogP contribution >= 0.6 is 0 Å². The summed E-state index contributed by atoms with van der Waals surface area (Å²) in [7, 11) is 0. The molecule has 0 atom stereocenters. The molecule has 0 spiro atoms. The molecule has 0 aliphatic rings. The minimum Gasteiger partial charge on any atom is -0.455 e. The first kappa shape index (κ1) is 11.1. The maximum absolute atomic E-state index is 9.62. The standard InChI is InChI=1S/C48H30O/c1-2-11-31(12-3-1)35-14-10-15-37(29-35)47-41-19-8-6-17-39(41)46(40-18-7-9-20-42(40)47)34-23-21-32(22-24-34)36-26-28-45-44(30-36)43-27-25-33-13-4-5-16-38(33)48(43)49-45/h1-30H/i1D,2D,3D,4D,5D,6D,7D,8D,9D,10D,11D,12D,13D,14D,15D,16D,17D,18D,19D,20D,21D,22D,23D,24D,25D,26D,27D,28D,29D,30D. The lowest BCUT2D eigenvalue weighted by atomic mass is 9.85. The quantitative estimate of drug-likeness (QED) is 0.172. The number of hydrogen-bond acceptors (Lipinski definition) is 1. The molecule has 0 fully saturated rings. The number of hydrogen-bond donors (Lipinski definition) is 0. The molecule has 9 aromatic carbocycles. The third-order valence-corrected chi connectivity index (χ3v) is 7.81. The fraction of sp³-hybridized carbons (Fsp3) is 0. The van der Waals surface area contributed by atoms with E-state index in [2.05, 4.69) is 0 Å². The Hall–Kier alpha value is -6.44. The van der Waals surface area contributed by atoms with Crippen molar-refractivity contribution < 1.29 is 45.5 Å². The lowest BCUT2D eigenvalue weighted by molar-refractivity contribution is 0.672. The lowest BCUT2D eigenvalue weighted by Crippen LogP contribution is -1.91. The van der Waals surface area contributed by atoms with Crippen LogP contribution in [0.2, 0.25) is 0 Å². The number of rotatable bonds is 4. The van der Waals surface area contributed by atoms with Gasteiger partial charge in [0.2, 0.25) is 0 Å². The van der Waals surface area contributed by atoms with Crippen molar-refractivity contribution in [2.24, 2.45) is 0 Å². The maximum atomic E-state index is 9.62. The van der Waals surface area contributed by atoms with Gasteiger partial charge in [-0.15, -0.1) is 0 Å². The fourth-order valence-corrected chi connectivity index (χ4v) is 5.69. The molecular formula is C48H30O. The Balaban J connectivity index is 1.39. The van der Waals surface area contributed by atoms with E-state index < -0.39 is 280 Å². The highest BCUT2D eigenvalue weighted by Gasteiger charge is 2.17. The molecule has 49 heavy (non-hydrogen) atoms. The lowest BCUT2D eigenvalue weighted by Gasteiger charge is -2.18. The molecule has 0 saturated carbocycles. The van der Waals surface area contributed by atoms with Crippen LogP contribution in [-0.2, 0) is 0 Å². The number of fused-ring (bicyclic) bond motifs is 7. The van der Waals surface area contributed by atoms with E-state index in [1.165, 1.54) is 0 Å². The molecule has 0 N–H and O–H groups in total. The van der Waals surface area contributed by atoms with Gasteiger partial charge in [-0.1, -0.05) is 157 Å². The van der Waals surface area contributed by atoms with E-state index in [1.807, 2.05) is 0 Å². The van der Waals surface area contributed by atoms with Crippen molar-refractivity contribution in [3.05, 3.63) is 181 Å². The summed E-state index contributed by atoms with van der Waals surface area (Å²) >= 11 is 0. The van der Waals surface area contributed by atoms with Gasteiger partial charge in [-0.3, -0.25) is 0 Å². The predicted octanol–water partition coefficient (Wildman–Crippen LogP) is 13.7. The molecule has 0 saturated heterocycles. The van der Waals surface area contributed by atoms with Crippen molar-refractivity contribution in [3.8, 4) is 44.5 Å². The second-order valence-electron chi connectivity index (χ2n) is 10.5. The monoisotopic (exact) mass is 652 g/mol. The summed E-state index contributed by atoms with van der Waals surface area (Å²) in [4.78, 5) is 0. The van der Waals surface area contributed by atoms with Gasteiger partial charge in [-0.25, -0.2) is 0 Å². The van der Waals surface area contributed by atoms with Crippen LogP contribution in [0.15, 0.2) is 186 Å². The second kappa shape index (κ2) is 11.1. The Morgan fingerprint density at radius 2 is 0.816 bits per heavy atom. The van der Waals surface area contributed by atoms with Crippen LogP contribution in [0, 0.1) is 0 Å². The van der Waals surface area contributed by atoms with Crippen LogP contribution in [-0.4, -0.2) is 0 Å². The van der Waals surface area contributed by atoms with E-state index in [0.29, 0.717) is 0 Å². The van der Waals surface area contributed by atoms with Crippen LogP contribution < -0.4 is 0 Å². The van der Waals surface area contributed by atoms with Crippen molar-refractivity contribution in [1.82, 2.24) is 0 Å². The largest absolute Gasteiger partial charge is 0.455 e. The molecule has 10 rings (SSSR count). The van der Waals surface area contributed by atoms with Crippen LogP contribution in [0.5, 0.6) is 0 Å². The highest BCUT2D eigenvalue weighted by atomic mass is 16.3. The molecule has 10 aromatic rings. The smallest absolute Gasteiger partial charge is 0.143 e. The van der Waals surface area contributed by atoms with Gasteiger partial charge in [0.15, 0.2) is 0 Å². The zero-order valence-electron chi connectivity index (χ0n) is 54.4. The maximum Gasteiger partial charge on any atom is 0.143 e. The van der Waals surface area contributed by atoms with E-state index >= 15 is 0 Å². The van der Waals surface area contributed by atoms with E-state index in [-0.39, 0.29) is 0 Å². The molecular weight excluding hydrogens is 593 g/mol. The molecule has 0 amide bonds. The van der Waals surface area contributed by atoms with Gasteiger partial charge in [0.1, 0.15) is 11.2 Å². The summed E-state index contributed by atoms with van der Waals surface area (Å²) in [6.45, 7) is 0. The van der Waals surface area contributed by atoms with Crippen molar-refractivity contribution in [3.63, 3.8) is 0 Å². The average molecular weight is 653 g/mol. The van der Waals surface area contributed by atoms with Crippen molar-refractivity contribution >= 4 is 54.3 Å². The average Bonchev–Trinajstić information content (AvgIpc) is 3.46. The van der Waals surface area contributed by atoms with E-state index in [0.717, 1.165) is 0 Å². The van der Waals surface area contributed by atoms with Gasteiger partial charge < -0.3 is 4.42 Å².